The molecule has 1 atom stereocenters. The van der Waals surface area contributed by atoms with Gasteiger partial charge in [-0.1, -0.05) is 35.9 Å². The van der Waals surface area contributed by atoms with Crippen LogP contribution < -0.4 is 10.2 Å². The number of para-hydroxylation sites is 1. The van der Waals surface area contributed by atoms with Crippen LogP contribution in [0.15, 0.2) is 54.6 Å². The van der Waals surface area contributed by atoms with Crippen molar-refractivity contribution in [2.75, 3.05) is 44.9 Å². The van der Waals surface area contributed by atoms with Crippen molar-refractivity contribution in [3.8, 4) is 0 Å². The molecule has 0 radical (unpaired) electrons. The van der Waals surface area contributed by atoms with Crippen LogP contribution in [0.5, 0.6) is 0 Å². The van der Waals surface area contributed by atoms with Gasteiger partial charge in [0.2, 0.25) is 11.8 Å². The topological polar surface area (TPSA) is 82.2 Å². The van der Waals surface area contributed by atoms with Crippen molar-refractivity contribution in [2.45, 2.75) is 44.2 Å². The first-order valence-corrected chi connectivity index (χ1v) is 13.2. The molecule has 3 fully saturated rings. The molecule has 2 aromatic rings. The third-order valence-electron chi connectivity index (χ3n) is 8.16. The number of piperidine rings is 1. The number of nitrogens with one attached hydrogen (secondary N) is 1. The lowest BCUT2D eigenvalue weighted by atomic mass is 9.84. The molecule has 1 spiro atoms. The van der Waals surface area contributed by atoms with Crippen molar-refractivity contribution in [2.24, 2.45) is 5.92 Å². The first kappa shape index (κ1) is 25.3. The maximum Gasteiger partial charge on any atom is 0.251 e. The van der Waals surface area contributed by atoms with E-state index in [0.29, 0.717) is 51.4 Å². The minimum Gasteiger partial charge on any atom is -0.381 e. The molecule has 3 amide bonds. The molecule has 3 aliphatic rings. The largest absolute Gasteiger partial charge is 0.381 e. The smallest absolute Gasteiger partial charge is 0.251 e. The summed E-state index contributed by atoms with van der Waals surface area (Å²) in [7, 11) is 1.84. The van der Waals surface area contributed by atoms with Gasteiger partial charge in [-0.2, -0.15) is 0 Å². The van der Waals surface area contributed by atoms with Crippen LogP contribution in [0, 0.1) is 12.8 Å². The highest BCUT2D eigenvalue weighted by molar-refractivity contribution is 5.98. The Morgan fingerprint density at radius 2 is 1.73 bits per heavy atom. The minimum absolute atomic E-state index is 0.0194. The Morgan fingerprint density at radius 3 is 2.41 bits per heavy atom. The number of likely N-dealkylation sites (N-methyl/N-ethyl adjacent to an activating group) is 1. The predicted molar refractivity (Wildman–Crippen MR) is 141 cm³/mol. The van der Waals surface area contributed by atoms with Gasteiger partial charge in [-0.05, 0) is 62.8 Å². The number of hydrogen-bond donors (Lipinski definition) is 1. The maximum atomic E-state index is 13.9. The van der Waals surface area contributed by atoms with Crippen LogP contribution in [0.3, 0.4) is 0 Å². The first-order valence-electron chi connectivity index (χ1n) is 13.2. The number of amides is 3. The van der Waals surface area contributed by atoms with Crippen LogP contribution in [-0.2, 0) is 14.3 Å². The lowest BCUT2D eigenvalue weighted by Crippen LogP contribution is -2.60. The van der Waals surface area contributed by atoms with E-state index in [2.05, 4.69) is 10.2 Å². The van der Waals surface area contributed by atoms with Gasteiger partial charge >= 0.3 is 0 Å². The summed E-state index contributed by atoms with van der Waals surface area (Å²) in [5, 5.41) is 3.07. The Kier molecular flexibility index (Phi) is 7.20. The number of rotatable bonds is 5. The number of anilines is 1. The molecule has 2 aromatic carbocycles. The average Bonchev–Trinajstić information content (AvgIpc) is 3.17. The molecular formula is C29H36N4O4. The highest BCUT2D eigenvalue weighted by Gasteiger charge is 2.53. The number of nitrogens with zero attached hydrogens (tertiary/aromatic N) is 3. The van der Waals surface area contributed by atoms with Crippen LogP contribution in [0.25, 0.3) is 0 Å². The van der Waals surface area contributed by atoms with Gasteiger partial charge in [0, 0.05) is 44.6 Å². The lowest BCUT2D eigenvalue weighted by molar-refractivity contribution is -0.140. The predicted octanol–water partition coefficient (Wildman–Crippen LogP) is 2.82. The summed E-state index contributed by atoms with van der Waals surface area (Å²) < 4.78 is 5.53. The monoisotopic (exact) mass is 504 g/mol. The Bertz CT molecular complexity index is 1140. The fourth-order valence-electron chi connectivity index (χ4n) is 6.04. The third-order valence-corrected chi connectivity index (χ3v) is 8.16. The quantitative estimate of drug-likeness (QED) is 0.677. The van der Waals surface area contributed by atoms with Crippen molar-refractivity contribution in [1.82, 2.24) is 15.1 Å². The molecule has 0 bridgehead atoms. The summed E-state index contributed by atoms with van der Waals surface area (Å²) >= 11 is 0. The molecule has 0 aromatic heterocycles. The number of carbonyl (C=O) groups excluding carboxylic acids is 3. The van der Waals surface area contributed by atoms with Crippen LogP contribution in [-0.4, -0.2) is 79.1 Å². The fourth-order valence-corrected chi connectivity index (χ4v) is 6.04. The molecule has 1 N–H and O–H groups in total. The first-order chi connectivity index (χ1) is 17.9. The molecule has 5 rings (SSSR count). The molecule has 3 heterocycles. The molecule has 1 unspecified atom stereocenters. The summed E-state index contributed by atoms with van der Waals surface area (Å²) in [5.74, 6) is -0.166. The second kappa shape index (κ2) is 10.5. The zero-order valence-corrected chi connectivity index (χ0v) is 21.7. The van der Waals surface area contributed by atoms with E-state index in [-0.39, 0.29) is 23.6 Å². The average molecular weight is 505 g/mol. The number of aryl methyl sites for hydroxylation is 1. The number of benzene rings is 2. The molecule has 3 aliphatic heterocycles. The minimum atomic E-state index is -0.647. The summed E-state index contributed by atoms with van der Waals surface area (Å²) in [6.07, 6.45) is 2.58. The van der Waals surface area contributed by atoms with Gasteiger partial charge in [0.1, 0.15) is 11.6 Å². The SMILES string of the molecule is Cc1cccc(C(=O)NC(C(=O)N2CCC3(CC2)C(=O)N(C)CN3c2ccccc2)C2CCOCC2)c1. The Balaban J connectivity index is 1.33. The molecule has 8 heteroatoms. The van der Waals surface area contributed by atoms with E-state index in [1.165, 1.54) is 0 Å². The van der Waals surface area contributed by atoms with E-state index in [0.717, 1.165) is 24.1 Å². The van der Waals surface area contributed by atoms with Crippen molar-refractivity contribution in [3.05, 3.63) is 65.7 Å². The Morgan fingerprint density at radius 1 is 1.03 bits per heavy atom. The van der Waals surface area contributed by atoms with Gasteiger partial charge in [-0.3, -0.25) is 14.4 Å². The summed E-state index contributed by atoms with van der Waals surface area (Å²) in [6.45, 7) is 4.61. The van der Waals surface area contributed by atoms with Crippen molar-refractivity contribution in [3.63, 3.8) is 0 Å². The van der Waals surface area contributed by atoms with E-state index >= 15 is 0 Å². The molecule has 0 saturated carbocycles. The summed E-state index contributed by atoms with van der Waals surface area (Å²) in [6, 6.07) is 16.8. The van der Waals surface area contributed by atoms with Gasteiger partial charge in [-0.15, -0.1) is 0 Å². The van der Waals surface area contributed by atoms with Gasteiger partial charge in [0.05, 0.1) is 6.67 Å². The van der Waals surface area contributed by atoms with Crippen LogP contribution in [0.4, 0.5) is 5.69 Å². The van der Waals surface area contributed by atoms with Crippen LogP contribution in [0.1, 0.15) is 41.6 Å². The highest BCUT2D eigenvalue weighted by Crippen LogP contribution is 2.39. The fraction of sp³-hybridized carbons (Fsp3) is 0.483. The summed E-state index contributed by atoms with van der Waals surface area (Å²) in [4.78, 5) is 46.2. The Hall–Kier alpha value is -3.39. The zero-order valence-electron chi connectivity index (χ0n) is 21.7. The third kappa shape index (κ3) is 4.94. The number of hydrogen-bond acceptors (Lipinski definition) is 5. The Labute approximate surface area is 218 Å². The second-order valence-electron chi connectivity index (χ2n) is 10.5. The van der Waals surface area contributed by atoms with Gasteiger partial charge < -0.3 is 24.8 Å². The molecule has 3 saturated heterocycles. The van der Waals surface area contributed by atoms with E-state index in [1.807, 2.05) is 67.4 Å². The van der Waals surface area contributed by atoms with E-state index < -0.39 is 11.6 Å². The van der Waals surface area contributed by atoms with Crippen molar-refractivity contribution < 1.29 is 19.1 Å². The van der Waals surface area contributed by atoms with Crippen molar-refractivity contribution in [1.29, 1.82) is 0 Å². The molecule has 196 valence electrons. The second-order valence-corrected chi connectivity index (χ2v) is 10.5. The van der Waals surface area contributed by atoms with Gasteiger partial charge in [0.25, 0.3) is 5.91 Å². The standard InChI is InChI=1S/C29H36N4O4/c1-21-7-6-8-23(19-21)26(34)30-25(22-11-17-37-18-12-22)27(35)32-15-13-29(14-16-32)28(36)31(2)20-33(29)24-9-4-3-5-10-24/h3-10,19,22,25H,11-18,20H2,1-2H3,(H,30,34). The molecule has 8 nitrogen and oxygen atoms in total. The highest BCUT2D eigenvalue weighted by atomic mass is 16.5. The lowest BCUT2D eigenvalue weighted by Gasteiger charge is -2.44. The van der Waals surface area contributed by atoms with E-state index in [9.17, 15) is 14.4 Å². The molecule has 0 aliphatic carbocycles. The normalized spacial score (nSPS) is 20.8. The van der Waals surface area contributed by atoms with Gasteiger partial charge in [0.15, 0.2) is 0 Å². The van der Waals surface area contributed by atoms with E-state index in [1.54, 1.807) is 11.0 Å². The van der Waals surface area contributed by atoms with Crippen LogP contribution in [0.2, 0.25) is 0 Å². The zero-order chi connectivity index (χ0) is 26.0. The summed E-state index contributed by atoms with van der Waals surface area (Å²) in [5.41, 5.74) is 1.93. The number of likely N-dealkylation sites (tertiary alicyclic amines) is 1. The maximum absolute atomic E-state index is 13.9. The van der Waals surface area contributed by atoms with Crippen molar-refractivity contribution >= 4 is 23.4 Å². The molecule has 37 heavy (non-hydrogen) atoms. The number of carbonyl (C=O) groups is 3. The molecular weight excluding hydrogens is 468 g/mol. The number of ether oxygens (including phenoxy) is 1. The van der Waals surface area contributed by atoms with Crippen LogP contribution >= 0.6 is 0 Å². The van der Waals surface area contributed by atoms with Gasteiger partial charge in [-0.25, -0.2) is 0 Å². The van der Waals surface area contributed by atoms with E-state index in [4.69, 9.17) is 4.74 Å².